The molecule has 4 aromatic carbocycles. The molecule has 76 heavy (non-hydrogen) atoms. The number of nitrogens with zero attached hydrogens (tertiary/aromatic N) is 4. The van der Waals surface area contributed by atoms with Gasteiger partial charge in [-0.1, -0.05) is 130 Å². The van der Waals surface area contributed by atoms with Gasteiger partial charge in [0.1, 0.15) is 0 Å². The summed E-state index contributed by atoms with van der Waals surface area (Å²) in [5.74, 6) is 3.29. The number of thioether (sulfide) groups is 4. The van der Waals surface area contributed by atoms with Crippen molar-refractivity contribution in [3.8, 4) is 0 Å². The average Bonchev–Trinajstić information content (AvgIpc) is 3.41. The van der Waals surface area contributed by atoms with E-state index in [1.54, 1.807) is 0 Å². The highest BCUT2D eigenvalue weighted by atomic mass is 32.2. The fourth-order valence-electron chi connectivity index (χ4n) is 8.23. The summed E-state index contributed by atoms with van der Waals surface area (Å²) in [4.78, 5) is 33.1. The second-order valence-corrected chi connectivity index (χ2v) is 31.5. The Kier molecular flexibility index (Phi) is 18.2. The summed E-state index contributed by atoms with van der Waals surface area (Å²) in [6.45, 7) is 28.3. The van der Waals surface area contributed by atoms with E-state index in [0.29, 0.717) is 0 Å². The summed E-state index contributed by atoms with van der Waals surface area (Å²) in [6.07, 6.45) is 15.4. The Balaban J connectivity index is 1.38. The van der Waals surface area contributed by atoms with Gasteiger partial charge in [-0.25, -0.2) is 0 Å². The molecule has 4 aromatic heterocycles. The molecule has 5 heterocycles. The van der Waals surface area contributed by atoms with Crippen molar-refractivity contribution in [2.24, 2.45) is 0 Å². The lowest BCUT2D eigenvalue weighted by molar-refractivity contribution is 0.584. The summed E-state index contributed by atoms with van der Waals surface area (Å²) < 4.78 is 0. The van der Waals surface area contributed by atoms with E-state index in [2.05, 4.69) is 200 Å². The molecule has 392 valence electrons. The molecule has 0 atom stereocenters. The first kappa shape index (κ1) is 57.0. The second kappa shape index (κ2) is 24.3. The third-order valence-electron chi connectivity index (χ3n) is 13.0. The van der Waals surface area contributed by atoms with E-state index in [0.717, 1.165) is 23.0 Å². The molecular weight excluding hydrogens is 1080 g/mol. The molecule has 0 unspecified atom stereocenters. The van der Waals surface area contributed by atoms with Crippen molar-refractivity contribution < 1.29 is 0 Å². The van der Waals surface area contributed by atoms with Crippen LogP contribution < -0.4 is 0 Å². The third kappa shape index (κ3) is 14.5. The molecule has 12 heteroatoms. The van der Waals surface area contributed by atoms with Crippen LogP contribution in [-0.4, -0.2) is 19.9 Å². The van der Waals surface area contributed by atoms with Crippen LogP contribution >= 0.6 is 94.1 Å². The van der Waals surface area contributed by atoms with Gasteiger partial charge in [-0.15, -0.1) is 47.0 Å². The molecule has 9 rings (SSSR count). The van der Waals surface area contributed by atoms with Crippen molar-refractivity contribution >= 4 is 94.1 Å². The summed E-state index contributed by atoms with van der Waals surface area (Å²) in [6, 6.07) is 37.4. The molecule has 0 N–H and O–H groups in total. The third-order valence-corrected chi connectivity index (χ3v) is 23.2. The van der Waals surface area contributed by atoms with E-state index >= 15 is 0 Å². The first-order valence-corrected chi connectivity index (χ1v) is 32.9. The van der Waals surface area contributed by atoms with Crippen LogP contribution in [0.25, 0.3) is 0 Å². The minimum absolute atomic E-state index is 0.113. The number of pyridine rings is 4. The normalized spacial score (nSPS) is 13.2. The molecule has 8 aromatic rings. The number of aromatic nitrogens is 4. The summed E-state index contributed by atoms with van der Waals surface area (Å²) in [7, 11) is 0. The lowest BCUT2D eigenvalue weighted by Gasteiger charge is -2.28. The molecule has 1 aliphatic heterocycles. The van der Waals surface area contributed by atoms with E-state index in [-0.39, 0.29) is 21.7 Å². The Morgan fingerprint density at radius 2 is 0.434 bits per heavy atom. The monoisotopic (exact) mass is 1150 g/mol. The Labute approximate surface area is 487 Å². The summed E-state index contributed by atoms with van der Waals surface area (Å²) in [5, 5.41) is 0. The van der Waals surface area contributed by atoms with Gasteiger partial charge in [0, 0.05) is 131 Å². The molecule has 0 spiro atoms. The van der Waals surface area contributed by atoms with Gasteiger partial charge >= 0.3 is 0 Å². The molecule has 0 amide bonds. The van der Waals surface area contributed by atoms with Crippen molar-refractivity contribution in [3.63, 3.8) is 0 Å². The summed E-state index contributed by atoms with van der Waals surface area (Å²) in [5.41, 5.74) is 9.88. The largest absolute Gasteiger partial charge is 0.265 e. The van der Waals surface area contributed by atoms with Crippen LogP contribution in [0.1, 0.15) is 128 Å². The highest BCUT2D eigenvalue weighted by Gasteiger charge is 2.30. The summed E-state index contributed by atoms with van der Waals surface area (Å²) >= 11 is 15.6. The van der Waals surface area contributed by atoms with Crippen LogP contribution in [0.15, 0.2) is 205 Å². The number of rotatable bonds is 12. The average molecular weight is 1150 g/mol. The van der Waals surface area contributed by atoms with E-state index in [9.17, 15) is 0 Å². The van der Waals surface area contributed by atoms with Gasteiger partial charge < -0.3 is 0 Å². The topological polar surface area (TPSA) is 51.6 Å². The van der Waals surface area contributed by atoms with Crippen molar-refractivity contribution in [1.29, 1.82) is 0 Å². The smallest absolute Gasteiger partial charge is 0.0355 e. The van der Waals surface area contributed by atoms with Gasteiger partial charge in [0.2, 0.25) is 0 Å². The van der Waals surface area contributed by atoms with Crippen molar-refractivity contribution in [3.05, 3.63) is 191 Å². The molecule has 0 saturated heterocycles. The minimum atomic E-state index is -0.113. The van der Waals surface area contributed by atoms with Gasteiger partial charge in [-0.05, 0) is 163 Å². The van der Waals surface area contributed by atoms with Gasteiger partial charge in [0.15, 0.2) is 0 Å². The fourth-order valence-corrected chi connectivity index (χ4v) is 18.6. The molecule has 0 saturated carbocycles. The van der Waals surface area contributed by atoms with Crippen LogP contribution in [0, 0.1) is 0 Å². The molecule has 8 bridgehead atoms. The first-order valence-electron chi connectivity index (χ1n) is 25.7. The highest BCUT2D eigenvalue weighted by Crippen LogP contribution is 2.56. The molecule has 0 fully saturated rings. The Morgan fingerprint density at radius 1 is 0.276 bits per heavy atom. The molecule has 0 radical (unpaired) electrons. The van der Waals surface area contributed by atoms with Crippen LogP contribution in [0.3, 0.4) is 0 Å². The zero-order chi connectivity index (χ0) is 53.8. The van der Waals surface area contributed by atoms with Crippen LogP contribution in [0.5, 0.6) is 0 Å². The van der Waals surface area contributed by atoms with E-state index in [4.69, 9.17) is 0 Å². The van der Waals surface area contributed by atoms with Crippen molar-refractivity contribution in [1.82, 2.24) is 19.9 Å². The van der Waals surface area contributed by atoms with Gasteiger partial charge in [-0.3, -0.25) is 19.9 Å². The lowest BCUT2D eigenvalue weighted by Crippen LogP contribution is -2.13. The highest BCUT2D eigenvalue weighted by molar-refractivity contribution is 8.06. The molecule has 0 aliphatic carbocycles. The standard InChI is InChI=1S/C64H68N4S8/c1-61(2,3)45-29-49-57(69-37-41-13-21-65-22-14-41)50(30-45)74-52-32-47(63(7,8)9)34-54(59(52)71-39-43-17-25-67-26-18-43)76-56-36-48(64(10,11)12)35-55(60(56)72-40-44-19-27-68-28-20-44)75-53-33-46(62(4,5)6)31-51(73-49)58(53)70-38-42-15-23-66-24-16-42/h13-36H,37-40H2,1-12H3. The SMILES string of the molecule is CC(C)(C)c1cc2c(SCc3ccncc3)c(c1)Sc1cc(C(C)(C)C)cc(c1SCc1ccncc1)Sc1cc(C(C)(C)C)cc(c1SCc1ccncc1)Sc1cc(C(C)(C)C)cc(c1SCc1ccncc1)S2. The van der Waals surface area contributed by atoms with Crippen molar-refractivity contribution in [2.75, 3.05) is 0 Å². The zero-order valence-electron chi connectivity index (χ0n) is 45.7. The quantitative estimate of drug-likeness (QED) is 0.110. The second-order valence-electron chi connectivity index (χ2n) is 23.2. The number of hydrogen-bond donors (Lipinski definition) is 0. The predicted molar refractivity (Wildman–Crippen MR) is 332 cm³/mol. The fraction of sp³-hybridized carbons (Fsp3) is 0.312. The zero-order valence-corrected chi connectivity index (χ0v) is 52.3. The van der Waals surface area contributed by atoms with Crippen LogP contribution in [-0.2, 0) is 44.7 Å². The number of benzene rings is 4. The maximum absolute atomic E-state index is 4.40. The van der Waals surface area contributed by atoms with Gasteiger partial charge in [-0.2, -0.15) is 0 Å². The van der Waals surface area contributed by atoms with Crippen LogP contribution in [0.2, 0.25) is 0 Å². The molecular formula is C64H68N4S8. The van der Waals surface area contributed by atoms with Crippen LogP contribution in [0.4, 0.5) is 0 Å². The molecule has 1 aliphatic rings. The van der Waals surface area contributed by atoms with E-state index < -0.39 is 0 Å². The van der Waals surface area contributed by atoms with Crippen molar-refractivity contribution in [2.45, 2.75) is 187 Å². The molecule has 4 nitrogen and oxygen atoms in total. The Bertz CT molecular complexity index is 2750. The number of hydrogen-bond acceptors (Lipinski definition) is 12. The van der Waals surface area contributed by atoms with E-state index in [1.165, 1.54) is 103 Å². The first-order chi connectivity index (χ1) is 36.2. The maximum Gasteiger partial charge on any atom is 0.0355 e. The van der Waals surface area contributed by atoms with E-state index in [1.807, 2.05) is 144 Å². The Morgan fingerprint density at radius 3 is 0.579 bits per heavy atom. The van der Waals surface area contributed by atoms with Gasteiger partial charge in [0.25, 0.3) is 0 Å². The predicted octanol–water partition coefficient (Wildman–Crippen LogP) is 20.5. The Hall–Kier alpha value is -3.72. The minimum Gasteiger partial charge on any atom is -0.265 e. The van der Waals surface area contributed by atoms with Gasteiger partial charge in [0.05, 0.1) is 0 Å². The maximum atomic E-state index is 4.40. The lowest BCUT2D eigenvalue weighted by atomic mass is 9.87. The number of fused-ring (bicyclic) bond motifs is 8.